The highest BCUT2D eigenvalue weighted by Crippen LogP contribution is 2.26. The minimum absolute atomic E-state index is 0.0639. The summed E-state index contributed by atoms with van der Waals surface area (Å²) in [5.74, 6) is 0. The number of benzene rings is 3. The van der Waals surface area contributed by atoms with Crippen LogP contribution >= 0.6 is 0 Å². The first-order chi connectivity index (χ1) is 18.7. The molecule has 1 heterocycles. The van der Waals surface area contributed by atoms with Gasteiger partial charge in [-0.15, -0.1) is 0 Å². The van der Waals surface area contributed by atoms with Crippen LogP contribution in [0.2, 0.25) is 0 Å². The lowest BCUT2D eigenvalue weighted by atomic mass is 10.2. The molecule has 0 unspecified atom stereocenters. The van der Waals surface area contributed by atoms with Crippen LogP contribution in [0.1, 0.15) is 16.7 Å². The normalized spacial score (nSPS) is 10.2. The van der Waals surface area contributed by atoms with Gasteiger partial charge in [0.25, 0.3) is 0 Å². The van der Waals surface area contributed by atoms with Gasteiger partial charge >= 0.3 is 17.1 Å². The van der Waals surface area contributed by atoms with Gasteiger partial charge in [0.2, 0.25) is 18.2 Å². The van der Waals surface area contributed by atoms with Gasteiger partial charge in [0.1, 0.15) is 17.1 Å². The zero-order valence-electron chi connectivity index (χ0n) is 20.8. The zero-order chi connectivity index (χ0) is 28.3. The van der Waals surface area contributed by atoms with Gasteiger partial charge in [-0.05, 0) is 73.9 Å². The van der Waals surface area contributed by atoms with Crippen LogP contribution in [0, 0.1) is 20.8 Å². The fourth-order valence-corrected chi connectivity index (χ4v) is 4.05. The molecule has 4 aromatic rings. The summed E-state index contributed by atoms with van der Waals surface area (Å²) >= 11 is 0. The van der Waals surface area contributed by atoms with Gasteiger partial charge in [-0.2, -0.15) is 15.0 Å². The van der Waals surface area contributed by atoms with Gasteiger partial charge < -0.3 is 0 Å². The lowest BCUT2D eigenvalue weighted by Crippen LogP contribution is -2.52. The third-order valence-electron chi connectivity index (χ3n) is 5.76. The predicted octanol–water partition coefficient (Wildman–Crippen LogP) is 2.97. The van der Waals surface area contributed by atoms with Crippen LogP contribution in [-0.2, 0) is 14.4 Å². The maximum absolute atomic E-state index is 13.9. The Bertz CT molecular complexity index is 1720. The van der Waals surface area contributed by atoms with E-state index in [0.29, 0.717) is 30.4 Å². The molecule has 0 bridgehead atoms. The molecule has 0 N–H and O–H groups in total. The van der Waals surface area contributed by atoms with E-state index in [2.05, 4.69) is 15.0 Å². The molecule has 3 aromatic carbocycles. The fraction of sp³-hybridized carbons (Fsp3) is 0.111. The first-order valence-electron chi connectivity index (χ1n) is 11.3. The van der Waals surface area contributed by atoms with Gasteiger partial charge in [-0.25, -0.2) is 42.5 Å². The molecule has 0 aliphatic rings. The summed E-state index contributed by atoms with van der Waals surface area (Å²) in [6.45, 7) is 5.13. The van der Waals surface area contributed by atoms with Gasteiger partial charge in [0, 0.05) is 0 Å². The molecule has 0 atom stereocenters. The molecule has 39 heavy (non-hydrogen) atoms. The first-order valence-corrected chi connectivity index (χ1v) is 11.3. The number of hydrogen-bond donors (Lipinski definition) is 0. The van der Waals surface area contributed by atoms with Crippen LogP contribution in [-0.4, -0.2) is 31.9 Å². The monoisotopic (exact) mass is 522 g/mol. The molecule has 0 spiro atoms. The Morgan fingerprint density at radius 2 is 0.744 bits per heavy atom. The second kappa shape index (κ2) is 10.7. The molecule has 0 saturated heterocycles. The highest BCUT2D eigenvalue weighted by molar-refractivity contribution is 5.66. The van der Waals surface area contributed by atoms with Crippen LogP contribution in [0.3, 0.4) is 0 Å². The molecule has 12 nitrogen and oxygen atoms in total. The SMILES string of the molecule is Cc1ccc(-n2c(=O)n(-c3ccc(C)cc3N=C=O)c(=O)n(-c3ccc(C)cc3N=C=O)c2=O)c(N=C=O)c1. The second-order valence-electron chi connectivity index (χ2n) is 8.44. The highest BCUT2D eigenvalue weighted by Gasteiger charge is 2.24. The summed E-state index contributed by atoms with van der Waals surface area (Å²) in [4.78, 5) is 86.0. The van der Waals surface area contributed by atoms with E-state index in [4.69, 9.17) is 0 Å². The Kier molecular flexibility index (Phi) is 7.19. The van der Waals surface area contributed by atoms with Crippen molar-refractivity contribution >= 4 is 35.3 Å². The average Bonchev–Trinajstić information content (AvgIpc) is 2.88. The molecule has 12 heteroatoms. The molecule has 0 fully saturated rings. The van der Waals surface area contributed by atoms with Gasteiger partial charge in [0.05, 0.1) is 17.1 Å². The number of carbonyl (C=O) groups excluding carboxylic acids is 3. The summed E-state index contributed by atoms with van der Waals surface area (Å²) in [5.41, 5.74) is -1.97. The predicted molar refractivity (Wildman–Crippen MR) is 141 cm³/mol. The molecule has 1 aromatic heterocycles. The Balaban J connectivity index is 2.30. The molecule has 4 rings (SSSR count). The van der Waals surface area contributed by atoms with Crippen molar-refractivity contribution in [1.82, 2.24) is 13.7 Å². The lowest BCUT2D eigenvalue weighted by molar-refractivity contribution is 0.564. The molecular formula is C27H18N6O6. The van der Waals surface area contributed by atoms with E-state index in [9.17, 15) is 28.8 Å². The van der Waals surface area contributed by atoms with E-state index in [1.165, 1.54) is 54.6 Å². The van der Waals surface area contributed by atoms with Crippen LogP contribution in [0.25, 0.3) is 17.1 Å². The third kappa shape index (κ3) is 4.81. The molecule has 192 valence electrons. The topological polar surface area (TPSA) is 154 Å². The third-order valence-corrected chi connectivity index (χ3v) is 5.76. The number of hydrogen-bond acceptors (Lipinski definition) is 9. The number of isocyanates is 3. The van der Waals surface area contributed by atoms with Crippen molar-refractivity contribution in [3.63, 3.8) is 0 Å². The molecular weight excluding hydrogens is 504 g/mol. The van der Waals surface area contributed by atoms with Gasteiger partial charge in [0.15, 0.2) is 0 Å². The Labute approximate surface area is 219 Å². The Morgan fingerprint density at radius 3 is 0.974 bits per heavy atom. The highest BCUT2D eigenvalue weighted by atomic mass is 16.2. The van der Waals surface area contributed by atoms with E-state index >= 15 is 0 Å². The Morgan fingerprint density at radius 1 is 0.487 bits per heavy atom. The summed E-state index contributed by atoms with van der Waals surface area (Å²) < 4.78 is 1.92. The minimum Gasteiger partial charge on any atom is -0.246 e. The van der Waals surface area contributed by atoms with Crippen molar-refractivity contribution in [2.24, 2.45) is 15.0 Å². The standard InChI is InChI=1S/C27H18N6O6/c1-16-4-7-22(19(10-16)28-13-34)31-25(37)32(23-8-5-17(2)11-20(23)29-14-35)27(39)33(26(31)38)24-9-6-18(3)12-21(24)30-15-36/h4-12H,1-3H3. The molecule has 0 aliphatic heterocycles. The van der Waals surface area contributed by atoms with E-state index in [1.54, 1.807) is 39.0 Å². The smallest absolute Gasteiger partial charge is 0.246 e. The van der Waals surface area contributed by atoms with Gasteiger partial charge in [-0.1, -0.05) is 18.2 Å². The number of nitrogens with zero attached hydrogens (tertiary/aromatic N) is 6. The van der Waals surface area contributed by atoms with E-state index in [-0.39, 0.29) is 34.1 Å². The van der Waals surface area contributed by atoms with Crippen molar-refractivity contribution in [2.75, 3.05) is 0 Å². The van der Waals surface area contributed by atoms with Crippen LogP contribution < -0.4 is 17.1 Å². The van der Waals surface area contributed by atoms with Crippen molar-refractivity contribution in [2.45, 2.75) is 20.8 Å². The molecule has 0 amide bonds. The fourth-order valence-electron chi connectivity index (χ4n) is 4.05. The summed E-state index contributed by atoms with van der Waals surface area (Å²) in [6.07, 6.45) is 4.18. The molecule has 0 saturated carbocycles. The summed E-state index contributed by atoms with van der Waals surface area (Å²) in [6, 6.07) is 13.2. The van der Waals surface area contributed by atoms with Crippen molar-refractivity contribution in [1.29, 1.82) is 0 Å². The lowest BCUT2D eigenvalue weighted by Gasteiger charge is -2.17. The minimum atomic E-state index is -1.13. The van der Waals surface area contributed by atoms with Crippen molar-refractivity contribution in [3.05, 3.63) is 103 Å². The van der Waals surface area contributed by atoms with Crippen molar-refractivity contribution < 1.29 is 14.4 Å². The number of aliphatic imine (C=N–C) groups is 3. The van der Waals surface area contributed by atoms with E-state index in [1.807, 2.05) is 0 Å². The first kappa shape index (κ1) is 26.3. The largest absolute Gasteiger partial charge is 0.345 e. The van der Waals surface area contributed by atoms with Crippen LogP contribution in [0.15, 0.2) is 84.0 Å². The zero-order valence-corrected chi connectivity index (χ0v) is 20.8. The quantitative estimate of drug-likeness (QED) is 0.280. The van der Waals surface area contributed by atoms with Crippen LogP contribution in [0.5, 0.6) is 0 Å². The number of rotatable bonds is 6. The van der Waals surface area contributed by atoms with Crippen molar-refractivity contribution in [3.8, 4) is 17.1 Å². The molecule has 0 radical (unpaired) electrons. The Hall–Kier alpha value is -5.79. The maximum atomic E-state index is 13.9. The number of aromatic nitrogens is 3. The van der Waals surface area contributed by atoms with E-state index in [0.717, 1.165) is 0 Å². The average molecular weight is 522 g/mol. The number of aryl methyl sites for hydroxylation is 3. The van der Waals surface area contributed by atoms with Crippen LogP contribution in [0.4, 0.5) is 17.1 Å². The van der Waals surface area contributed by atoms with E-state index < -0.39 is 17.1 Å². The second-order valence-corrected chi connectivity index (χ2v) is 8.44. The summed E-state index contributed by atoms with van der Waals surface area (Å²) in [7, 11) is 0. The molecule has 0 aliphatic carbocycles. The van der Waals surface area contributed by atoms with Gasteiger partial charge in [-0.3, -0.25) is 0 Å². The maximum Gasteiger partial charge on any atom is 0.345 e. The summed E-state index contributed by atoms with van der Waals surface area (Å²) in [5, 5.41) is 0.